The van der Waals surface area contributed by atoms with Crippen LogP contribution in [0.1, 0.15) is 42.2 Å². The summed E-state index contributed by atoms with van der Waals surface area (Å²) in [6.45, 7) is 2.69. The molecule has 7 heteroatoms. The fourth-order valence-corrected chi connectivity index (χ4v) is 5.13. The molecule has 0 aliphatic carbocycles. The van der Waals surface area contributed by atoms with E-state index < -0.39 is 0 Å². The van der Waals surface area contributed by atoms with Gasteiger partial charge in [-0.15, -0.1) is 11.3 Å². The Bertz CT molecular complexity index is 840. The molecule has 0 radical (unpaired) electrons. The van der Waals surface area contributed by atoms with Gasteiger partial charge in [-0.25, -0.2) is 9.37 Å². The summed E-state index contributed by atoms with van der Waals surface area (Å²) in [6.07, 6.45) is 5.82. The Balaban J connectivity index is 1.35. The second-order valence-corrected chi connectivity index (χ2v) is 8.90. The van der Waals surface area contributed by atoms with Gasteiger partial charge in [-0.3, -0.25) is 9.59 Å². The molecule has 4 rings (SSSR count). The summed E-state index contributed by atoms with van der Waals surface area (Å²) in [4.78, 5) is 34.1. The first-order chi connectivity index (χ1) is 14.1. The number of piperidine rings is 2. The highest BCUT2D eigenvalue weighted by atomic mass is 32.1. The molecule has 0 spiro atoms. The van der Waals surface area contributed by atoms with Crippen LogP contribution in [0, 0.1) is 11.7 Å². The molecule has 0 bridgehead atoms. The lowest BCUT2D eigenvalue weighted by Crippen LogP contribution is -2.49. The molecule has 1 aromatic carbocycles. The van der Waals surface area contributed by atoms with E-state index in [4.69, 9.17) is 0 Å². The molecular formula is C22H26FN3O2S. The number of benzene rings is 1. The average Bonchev–Trinajstić information content (AvgIpc) is 3.30. The first-order valence-electron chi connectivity index (χ1n) is 10.3. The van der Waals surface area contributed by atoms with Crippen LogP contribution in [-0.2, 0) is 16.0 Å². The van der Waals surface area contributed by atoms with Crippen LogP contribution in [0.15, 0.2) is 35.8 Å². The lowest BCUT2D eigenvalue weighted by molar-refractivity contribution is -0.141. The smallest absolute Gasteiger partial charge is 0.227 e. The van der Waals surface area contributed by atoms with Crippen molar-refractivity contribution in [1.29, 1.82) is 0 Å². The monoisotopic (exact) mass is 415 g/mol. The van der Waals surface area contributed by atoms with Crippen LogP contribution in [-0.4, -0.2) is 52.8 Å². The first-order valence-corrected chi connectivity index (χ1v) is 11.2. The van der Waals surface area contributed by atoms with Crippen LogP contribution in [0.3, 0.4) is 0 Å². The zero-order chi connectivity index (χ0) is 20.2. The fraction of sp³-hybridized carbons (Fsp3) is 0.500. The van der Waals surface area contributed by atoms with Crippen LogP contribution in [0.4, 0.5) is 4.39 Å². The van der Waals surface area contributed by atoms with Crippen molar-refractivity contribution >= 4 is 23.2 Å². The molecule has 2 atom stereocenters. The van der Waals surface area contributed by atoms with Gasteiger partial charge in [-0.1, -0.05) is 12.1 Å². The first kappa shape index (κ1) is 20.0. The molecule has 2 saturated heterocycles. The summed E-state index contributed by atoms with van der Waals surface area (Å²) in [5, 5.41) is 3.10. The Morgan fingerprint density at radius 3 is 2.59 bits per heavy atom. The normalized spacial score (nSPS) is 22.5. The number of hydrogen-bond donors (Lipinski definition) is 0. The van der Waals surface area contributed by atoms with Crippen LogP contribution in [0.5, 0.6) is 0 Å². The van der Waals surface area contributed by atoms with Gasteiger partial charge >= 0.3 is 0 Å². The van der Waals surface area contributed by atoms with E-state index in [2.05, 4.69) is 4.98 Å². The lowest BCUT2D eigenvalue weighted by atomic mass is 9.93. The average molecular weight is 416 g/mol. The molecule has 2 fully saturated rings. The number of carbonyl (C=O) groups is 2. The number of carbonyl (C=O) groups excluding carboxylic acids is 2. The molecule has 0 N–H and O–H groups in total. The minimum atomic E-state index is -0.303. The molecule has 29 heavy (non-hydrogen) atoms. The molecule has 154 valence electrons. The number of nitrogens with zero attached hydrogens (tertiary/aromatic N) is 3. The molecule has 2 aliphatic heterocycles. The van der Waals surface area contributed by atoms with Gasteiger partial charge in [-0.05, 0) is 43.4 Å². The highest BCUT2D eigenvalue weighted by Gasteiger charge is 2.34. The van der Waals surface area contributed by atoms with E-state index in [1.807, 2.05) is 16.5 Å². The Kier molecular flexibility index (Phi) is 6.23. The third-order valence-corrected chi connectivity index (χ3v) is 6.86. The number of halogens is 1. The summed E-state index contributed by atoms with van der Waals surface area (Å²) in [5.41, 5.74) is 0.798. The maximum Gasteiger partial charge on any atom is 0.227 e. The lowest BCUT2D eigenvalue weighted by Gasteiger charge is -2.38. The van der Waals surface area contributed by atoms with Gasteiger partial charge < -0.3 is 9.80 Å². The molecular weight excluding hydrogens is 389 g/mol. The summed E-state index contributed by atoms with van der Waals surface area (Å²) in [5.74, 6) is 0.0739. The highest BCUT2D eigenvalue weighted by Crippen LogP contribution is 2.30. The molecule has 5 nitrogen and oxygen atoms in total. The van der Waals surface area contributed by atoms with Crippen LogP contribution >= 0.6 is 11.3 Å². The van der Waals surface area contributed by atoms with Crippen LogP contribution in [0.2, 0.25) is 0 Å². The van der Waals surface area contributed by atoms with Gasteiger partial charge in [-0.2, -0.15) is 0 Å². The van der Waals surface area contributed by atoms with Crippen LogP contribution in [0.25, 0.3) is 0 Å². The van der Waals surface area contributed by atoms with Crippen molar-refractivity contribution in [3.05, 3.63) is 52.2 Å². The summed E-state index contributed by atoms with van der Waals surface area (Å²) >= 11 is 1.66. The summed E-state index contributed by atoms with van der Waals surface area (Å²) in [6, 6.07) is 6.04. The summed E-state index contributed by atoms with van der Waals surface area (Å²) in [7, 11) is 0. The fourth-order valence-electron chi connectivity index (χ4n) is 4.37. The molecule has 0 saturated carbocycles. The molecule has 2 aromatic rings. The quantitative estimate of drug-likeness (QED) is 0.768. The zero-order valence-electron chi connectivity index (χ0n) is 16.4. The van der Waals surface area contributed by atoms with Crippen molar-refractivity contribution < 1.29 is 14.0 Å². The number of thiazole rings is 1. The maximum atomic E-state index is 13.2. The van der Waals surface area contributed by atoms with Gasteiger partial charge in [0.15, 0.2) is 0 Å². The minimum Gasteiger partial charge on any atom is -0.342 e. The Morgan fingerprint density at radius 1 is 1.07 bits per heavy atom. The number of likely N-dealkylation sites (tertiary alicyclic amines) is 2. The molecule has 2 unspecified atom stereocenters. The molecule has 1 aromatic heterocycles. The van der Waals surface area contributed by atoms with Crippen molar-refractivity contribution in [2.24, 2.45) is 5.92 Å². The van der Waals surface area contributed by atoms with Crippen molar-refractivity contribution in [3.63, 3.8) is 0 Å². The third kappa shape index (κ3) is 4.83. The largest absolute Gasteiger partial charge is 0.342 e. The van der Waals surface area contributed by atoms with E-state index in [1.165, 1.54) is 12.1 Å². The predicted octanol–water partition coefficient (Wildman–Crippen LogP) is 3.47. The Hall–Kier alpha value is -2.28. The van der Waals surface area contributed by atoms with E-state index in [0.29, 0.717) is 19.0 Å². The van der Waals surface area contributed by atoms with E-state index in [-0.39, 0.29) is 30.0 Å². The zero-order valence-corrected chi connectivity index (χ0v) is 17.2. The maximum absolute atomic E-state index is 13.2. The molecule has 3 heterocycles. The number of amides is 2. The second kappa shape index (κ2) is 9.03. The number of rotatable bonds is 4. The van der Waals surface area contributed by atoms with Gasteiger partial charge in [0.05, 0.1) is 17.3 Å². The molecule has 2 aliphatic rings. The highest BCUT2D eigenvalue weighted by molar-refractivity contribution is 7.09. The third-order valence-electron chi connectivity index (χ3n) is 5.93. The van der Waals surface area contributed by atoms with Crippen molar-refractivity contribution in [3.8, 4) is 0 Å². The van der Waals surface area contributed by atoms with Crippen molar-refractivity contribution in [2.75, 3.05) is 26.2 Å². The minimum absolute atomic E-state index is 0.00779. The van der Waals surface area contributed by atoms with Crippen molar-refractivity contribution in [2.45, 2.75) is 38.0 Å². The van der Waals surface area contributed by atoms with E-state index in [1.54, 1.807) is 28.4 Å². The van der Waals surface area contributed by atoms with Crippen molar-refractivity contribution in [1.82, 2.24) is 14.8 Å². The van der Waals surface area contributed by atoms with E-state index in [9.17, 15) is 14.0 Å². The standard InChI is InChI=1S/C22H26FN3O2S/c23-19-7-5-16(6-8-19)13-20(27)25-10-2-4-18(15-25)22(28)26-11-1-3-17(14-26)21-24-9-12-29-21/h5-9,12,17-18H,1-4,10-11,13-15H2. The summed E-state index contributed by atoms with van der Waals surface area (Å²) < 4.78 is 13.1. The van der Waals surface area contributed by atoms with Gasteiger partial charge in [0.1, 0.15) is 5.82 Å². The number of aromatic nitrogens is 1. The number of hydrogen-bond acceptors (Lipinski definition) is 4. The van der Waals surface area contributed by atoms with Gasteiger partial charge in [0.2, 0.25) is 11.8 Å². The molecule has 2 amide bonds. The Morgan fingerprint density at radius 2 is 1.83 bits per heavy atom. The topological polar surface area (TPSA) is 53.5 Å². The predicted molar refractivity (Wildman–Crippen MR) is 110 cm³/mol. The van der Waals surface area contributed by atoms with E-state index >= 15 is 0 Å². The Labute approximate surface area is 174 Å². The second-order valence-electron chi connectivity index (χ2n) is 7.98. The SMILES string of the molecule is O=C(Cc1ccc(F)cc1)N1CCCC(C(=O)N2CCCC(c3nccs3)C2)C1. The van der Waals surface area contributed by atoms with Crippen LogP contribution < -0.4 is 0 Å². The van der Waals surface area contributed by atoms with Gasteiger partial charge in [0, 0.05) is 43.7 Å². The van der Waals surface area contributed by atoms with E-state index in [0.717, 1.165) is 49.3 Å². The van der Waals surface area contributed by atoms with Gasteiger partial charge in [0.25, 0.3) is 0 Å².